The highest BCUT2D eigenvalue weighted by Gasteiger charge is 2.22. The predicted octanol–water partition coefficient (Wildman–Crippen LogP) is 4.14. The summed E-state index contributed by atoms with van der Waals surface area (Å²) >= 11 is 0. The van der Waals surface area contributed by atoms with Crippen molar-refractivity contribution in [2.45, 2.75) is 70.8 Å². The first-order valence-corrected chi connectivity index (χ1v) is 7.32. The Balaban J connectivity index is 1.85. The summed E-state index contributed by atoms with van der Waals surface area (Å²) in [6, 6.07) is 0.906. The SMILES string of the molecule is CC/C=C1\CCCC(N2CCCCC2)CC1. The molecule has 0 aromatic heterocycles. The Kier molecular flexibility index (Phi) is 4.90. The molecule has 0 N–H and O–H groups in total. The van der Waals surface area contributed by atoms with Crippen LogP contribution in [0.2, 0.25) is 0 Å². The molecule has 1 saturated carbocycles. The number of likely N-dealkylation sites (tertiary alicyclic amines) is 1. The van der Waals surface area contributed by atoms with Gasteiger partial charge < -0.3 is 4.90 Å². The minimum Gasteiger partial charge on any atom is -0.300 e. The van der Waals surface area contributed by atoms with Crippen LogP contribution in [0.4, 0.5) is 0 Å². The maximum absolute atomic E-state index is 2.78. The molecule has 0 amide bonds. The van der Waals surface area contributed by atoms with Gasteiger partial charge in [0.25, 0.3) is 0 Å². The molecule has 1 heterocycles. The van der Waals surface area contributed by atoms with E-state index >= 15 is 0 Å². The number of rotatable bonds is 2. The largest absolute Gasteiger partial charge is 0.300 e. The summed E-state index contributed by atoms with van der Waals surface area (Å²) in [4.78, 5) is 2.78. The molecule has 1 saturated heterocycles. The van der Waals surface area contributed by atoms with Crippen molar-refractivity contribution in [1.29, 1.82) is 0 Å². The number of allylic oxidation sites excluding steroid dienone is 2. The first-order valence-electron chi connectivity index (χ1n) is 7.32. The van der Waals surface area contributed by atoms with Crippen molar-refractivity contribution < 1.29 is 0 Å². The molecule has 1 atom stereocenters. The van der Waals surface area contributed by atoms with Gasteiger partial charge >= 0.3 is 0 Å². The Hall–Kier alpha value is -0.300. The zero-order valence-electron chi connectivity index (χ0n) is 10.9. The van der Waals surface area contributed by atoms with Crippen LogP contribution < -0.4 is 0 Å². The van der Waals surface area contributed by atoms with Crippen molar-refractivity contribution in [3.63, 3.8) is 0 Å². The highest BCUT2D eigenvalue weighted by atomic mass is 15.2. The molecule has 2 aliphatic rings. The van der Waals surface area contributed by atoms with Crippen molar-refractivity contribution in [3.8, 4) is 0 Å². The lowest BCUT2D eigenvalue weighted by molar-refractivity contribution is 0.150. The van der Waals surface area contributed by atoms with Crippen LogP contribution in [0.1, 0.15) is 64.7 Å². The highest BCUT2D eigenvalue weighted by Crippen LogP contribution is 2.27. The molecular weight excluding hydrogens is 194 g/mol. The first kappa shape index (κ1) is 12.2. The number of piperidine rings is 1. The third-order valence-corrected chi connectivity index (χ3v) is 4.23. The van der Waals surface area contributed by atoms with Gasteiger partial charge in [-0.15, -0.1) is 0 Å². The van der Waals surface area contributed by atoms with Gasteiger partial charge in [0.05, 0.1) is 0 Å². The normalized spacial score (nSPS) is 31.6. The number of hydrogen-bond donors (Lipinski definition) is 0. The smallest absolute Gasteiger partial charge is 0.00984 e. The molecule has 1 aliphatic carbocycles. The molecular formula is C15H27N. The van der Waals surface area contributed by atoms with Gasteiger partial charge in [0.15, 0.2) is 0 Å². The molecule has 0 radical (unpaired) electrons. The molecule has 1 aliphatic heterocycles. The average Bonchev–Trinajstić information content (AvgIpc) is 2.57. The Morgan fingerprint density at radius 1 is 1.06 bits per heavy atom. The van der Waals surface area contributed by atoms with E-state index in [2.05, 4.69) is 17.9 Å². The van der Waals surface area contributed by atoms with Crippen molar-refractivity contribution in [3.05, 3.63) is 11.6 Å². The van der Waals surface area contributed by atoms with Gasteiger partial charge in [-0.25, -0.2) is 0 Å². The number of nitrogens with zero attached hydrogens (tertiary/aromatic N) is 1. The average molecular weight is 221 g/mol. The van der Waals surface area contributed by atoms with E-state index < -0.39 is 0 Å². The second-order valence-corrected chi connectivity index (χ2v) is 5.45. The van der Waals surface area contributed by atoms with Gasteiger partial charge in [0, 0.05) is 6.04 Å². The number of hydrogen-bond acceptors (Lipinski definition) is 1. The Bertz CT molecular complexity index is 226. The van der Waals surface area contributed by atoms with E-state index in [0.717, 1.165) is 6.04 Å². The van der Waals surface area contributed by atoms with Gasteiger partial charge in [0.2, 0.25) is 0 Å². The molecule has 0 aromatic carbocycles. The lowest BCUT2D eigenvalue weighted by Gasteiger charge is -2.34. The van der Waals surface area contributed by atoms with Gasteiger partial charge in [-0.05, 0) is 64.5 Å². The van der Waals surface area contributed by atoms with E-state index in [4.69, 9.17) is 0 Å². The van der Waals surface area contributed by atoms with Crippen LogP contribution in [-0.4, -0.2) is 24.0 Å². The van der Waals surface area contributed by atoms with Crippen LogP contribution in [-0.2, 0) is 0 Å². The minimum atomic E-state index is 0.906. The van der Waals surface area contributed by atoms with E-state index in [0.29, 0.717) is 0 Å². The van der Waals surface area contributed by atoms with Crippen LogP contribution >= 0.6 is 0 Å². The van der Waals surface area contributed by atoms with Crippen LogP contribution in [0.3, 0.4) is 0 Å². The lowest BCUT2D eigenvalue weighted by Crippen LogP contribution is -2.38. The molecule has 0 aromatic rings. The Morgan fingerprint density at radius 2 is 1.88 bits per heavy atom. The molecule has 2 fully saturated rings. The lowest BCUT2D eigenvalue weighted by atomic mass is 10.0. The Morgan fingerprint density at radius 3 is 2.62 bits per heavy atom. The summed E-state index contributed by atoms with van der Waals surface area (Å²) in [6.07, 6.45) is 15.1. The standard InChI is InChI=1S/C15H27N/c1-2-7-14-8-6-9-15(11-10-14)16-12-4-3-5-13-16/h7,15H,2-6,8-13H2,1H3/b14-7+. The highest BCUT2D eigenvalue weighted by molar-refractivity contribution is 5.04. The molecule has 0 spiro atoms. The summed E-state index contributed by atoms with van der Waals surface area (Å²) in [5, 5.41) is 0. The van der Waals surface area contributed by atoms with Gasteiger partial charge in [-0.3, -0.25) is 0 Å². The summed E-state index contributed by atoms with van der Waals surface area (Å²) in [5.74, 6) is 0. The third-order valence-electron chi connectivity index (χ3n) is 4.23. The topological polar surface area (TPSA) is 3.24 Å². The van der Waals surface area contributed by atoms with Crippen LogP contribution in [0, 0.1) is 0 Å². The van der Waals surface area contributed by atoms with E-state index in [-0.39, 0.29) is 0 Å². The molecule has 92 valence electrons. The fourth-order valence-corrected chi connectivity index (χ4v) is 3.33. The third kappa shape index (κ3) is 3.35. The first-order chi connectivity index (χ1) is 7.90. The van der Waals surface area contributed by atoms with Crippen molar-refractivity contribution in [2.75, 3.05) is 13.1 Å². The fourth-order valence-electron chi connectivity index (χ4n) is 3.33. The molecule has 0 bridgehead atoms. The van der Waals surface area contributed by atoms with Crippen LogP contribution in [0.25, 0.3) is 0 Å². The molecule has 2 rings (SSSR count). The minimum absolute atomic E-state index is 0.906. The van der Waals surface area contributed by atoms with Gasteiger partial charge in [-0.1, -0.05) is 25.0 Å². The maximum atomic E-state index is 2.78. The second-order valence-electron chi connectivity index (χ2n) is 5.45. The molecule has 1 nitrogen and oxygen atoms in total. The van der Waals surface area contributed by atoms with Crippen molar-refractivity contribution in [2.24, 2.45) is 0 Å². The zero-order chi connectivity index (χ0) is 11.2. The van der Waals surface area contributed by atoms with E-state index in [1.165, 1.54) is 70.9 Å². The predicted molar refractivity (Wildman–Crippen MR) is 70.7 cm³/mol. The monoisotopic (exact) mass is 221 g/mol. The maximum Gasteiger partial charge on any atom is 0.00984 e. The summed E-state index contributed by atoms with van der Waals surface area (Å²) in [5.41, 5.74) is 1.74. The molecule has 1 heteroatoms. The molecule has 1 unspecified atom stereocenters. The summed E-state index contributed by atoms with van der Waals surface area (Å²) < 4.78 is 0. The van der Waals surface area contributed by atoms with E-state index in [1.807, 2.05) is 0 Å². The van der Waals surface area contributed by atoms with Gasteiger partial charge in [0.1, 0.15) is 0 Å². The van der Waals surface area contributed by atoms with Crippen LogP contribution in [0.5, 0.6) is 0 Å². The van der Waals surface area contributed by atoms with Crippen LogP contribution in [0.15, 0.2) is 11.6 Å². The van der Waals surface area contributed by atoms with Gasteiger partial charge in [-0.2, -0.15) is 0 Å². The summed E-state index contributed by atoms with van der Waals surface area (Å²) in [6.45, 7) is 5.01. The zero-order valence-corrected chi connectivity index (χ0v) is 10.9. The van der Waals surface area contributed by atoms with Crippen molar-refractivity contribution >= 4 is 0 Å². The molecule has 16 heavy (non-hydrogen) atoms. The second kappa shape index (κ2) is 6.44. The summed E-state index contributed by atoms with van der Waals surface area (Å²) in [7, 11) is 0. The Labute approximate surface area is 101 Å². The fraction of sp³-hybridized carbons (Fsp3) is 0.867. The van der Waals surface area contributed by atoms with E-state index in [9.17, 15) is 0 Å². The van der Waals surface area contributed by atoms with E-state index in [1.54, 1.807) is 5.57 Å². The van der Waals surface area contributed by atoms with Crippen molar-refractivity contribution in [1.82, 2.24) is 4.90 Å². The quantitative estimate of drug-likeness (QED) is 0.500.